The lowest BCUT2D eigenvalue weighted by molar-refractivity contribution is -0.384. The maximum atomic E-state index is 14.0. The fourth-order valence-electron chi connectivity index (χ4n) is 6.01. The van der Waals surface area contributed by atoms with Gasteiger partial charge in [0.1, 0.15) is 18.2 Å². The Hall–Kier alpha value is -4.32. The van der Waals surface area contributed by atoms with E-state index < -0.39 is 16.3 Å². The summed E-state index contributed by atoms with van der Waals surface area (Å²) in [7, 11) is 0. The number of hydrogen-bond donors (Lipinski definition) is 1. The monoisotopic (exact) mass is 616 g/mol. The van der Waals surface area contributed by atoms with Gasteiger partial charge in [-0.25, -0.2) is 0 Å². The summed E-state index contributed by atoms with van der Waals surface area (Å²) in [4.78, 5) is 26.7. The highest BCUT2D eigenvalue weighted by atomic mass is 35.5. The molecule has 0 bridgehead atoms. The van der Waals surface area contributed by atoms with Crippen LogP contribution in [0, 0.1) is 40.7 Å². The summed E-state index contributed by atoms with van der Waals surface area (Å²) in [6.07, 6.45) is 0.709. The molecule has 0 saturated heterocycles. The number of nitro groups is 1. The first-order chi connectivity index (χ1) is 20.3. The number of carbonyl (C=O) groups excluding carboxylic acids is 1. The molecule has 1 atom stereocenters. The number of allylic oxidation sites excluding steroid dienone is 3. The van der Waals surface area contributed by atoms with Gasteiger partial charge in [0.05, 0.1) is 38.2 Å². The Morgan fingerprint density at radius 3 is 2.51 bits per heavy atom. The molecule has 0 fully saturated rings. The average molecular weight is 618 g/mol. The molecule has 0 radical (unpaired) electrons. The minimum Gasteiger partial charge on any atom is -0.487 e. The molecule has 0 amide bonds. The van der Waals surface area contributed by atoms with E-state index in [0.717, 1.165) is 22.3 Å². The molecule has 1 aliphatic heterocycles. The van der Waals surface area contributed by atoms with Crippen LogP contribution in [-0.2, 0) is 11.4 Å². The van der Waals surface area contributed by atoms with Gasteiger partial charge in [0.25, 0.3) is 5.69 Å². The van der Waals surface area contributed by atoms with Crippen LogP contribution in [0.2, 0.25) is 10.0 Å². The molecule has 0 saturated carbocycles. The van der Waals surface area contributed by atoms with E-state index in [2.05, 4.69) is 6.07 Å². The zero-order valence-electron chi connectivity index (χ0n) is 24.2. The Morgan fingerprint density at radius 2 is 1.84 bits per heavy atom. The Balaban J connectivity index is 1.71. The number of carbonyl (C=O) groups is 1. The lowest BCUT2D eigenvalue weighted by atomic mass is 9.68. The Morgan fingerprint density at radius 1 is 1.12 bits per heavy atom. The molecule has 5 rings (SSSR count). The Kier molecular flexibility index (Phi) is 7.99. The zero-order chi connectivity index (χ0) is 31.2. The number of benzene rings is 3. The second-order valence-electron chi connectivity index (χ2n) is 11.7. The van der Waals surface area contributed by atoms with Crippen LogP contribution in [0.15, 0.2) is 77.3 Å². The molecule has 1 unspecified atom stereocenters. The van der Waals surface area contributed by atoms with E-state index in [0.29, 0.717) is 28.5 Å². The van der Waals surface area contributed by atoms with Gasteiger partial charge in [0, 0.05) is 29.8 Å². The molecule has 220 valence electrons. The van der Waals surface area contributed by atoms with Crippen LogP contribution in [0.25, 0.3) is 0 Å². The first-order valence-electron chi connectivity index (χ1n) is 13.7. The zero-order valence-corrected chi connectivity index (χ0v) is 25.7. The van der Waals surface area contributed by atoms with Crippen LogP contribution in [-0.4, -0.2) is 10.7 Å². The van der Waals surface area contributed by atoms with Gasteiger partial charge in [-0.1, -0.05) is 66.9 Å². The van der Waals surface area contributed by atoms with E-state index in [1.807, 2.05) is 52.0 Å². The fourth-order valence-corrected chi connectivity index (χ4v) is 6.40. The number of aryl methyl sites for hydroxylation is 1. The van der Waals surface area contributed by atoms with E-state index in [9.17, 15) is 20.2 Å². The number of Topliss-reactive ketones (excluding diaryl/α,β-unsaturated/α-hetero) is 1. The number of nitrogens with two attached hydrogens (primary N) is 1. The Labute approximate surface area is 260 Å². The quantitative estimate of drug-likeness (QED) is 0.219. The van der Waals surface area contributed by atoms with Crippen LogP contribution < -0.4 is 15.4 Å². The van der Waals surface area contributed by atoms with Crippen molar-refractivity contribution in [2.24, 2.45) is 11.1 Å². The molecule has 10 heteroatoms. The van der Waals surface area contributed by atoms with E-state index in [-0.39, 0.29) is 46.6 Å². The summed E-state index contributed by atoms with van der Waals surface area (Å²) in [5, 5.41) is 22.9. The molecule has 8 nitrogen and oxygen atoms in total. The summed E-state index contributed by atoms with van der Waals surface area (Å²) in [6, 6.07) is 17.5. The highest BCUT2D eigenvalue weighted by Crippen LogP contribution is 2.52. The number of para-hydroxylation sites is 1. The normalized spacial score (nSPS) is 17.9. The molecular formula is C33H30Cl2N4O4. The second kappa shape index (κ2) is 11.4. The van der Waals surface area contributed by atoms with Crippen LogP contribution in [0.3, 0.4) is 0 Å². The summed E-state index contributed by atoms with van der Waals surface area (Å²) >= 11 is 12.9. The number of nitriles is 1. The fraction of sp³-hybridized carbons (Fsp3) is 0.273. The lowest BCUT2D eigenvalue weighted by Crippen LogP contribution is -2.42. The molecule has 1 aliphatic carbocycles. The number of nitro benzene ring substituents is 1. The molecule has 2 aliphatic rings. The van der Waals surface area contributed by atoms with Gasteiger partial charge in [-0.15, -0.1) is 0 Å². The number of nitrogens with zero attached hydrogens (tertiary/aromatic N) is 3. The van der Waals surface area contributed by atoms with Crippen molar-refractivity contribution < 1.29 is 14.5 Å². The largest absolute Gasteiger partial charge is 0.487 e. The molecule has 43 heavy (non-hydrogen) atoms. The highest BCUT2D eigenvalue weighted by molar-refractivity contribution is 6.33. The van der Waals surface area contributed by atoms with E-state index in [1.54, 1.807) is 17.0 Å². The summed E-state index contributed by atoms with van der Waals surface area (Å²) in [5.74, 6) is -0.228. The molecule has 0 aromatic heterocycles. The first-order valence-corrected chi connectivity index (χ1v) is 14.5. The standard InChI is InChI=1S/C33H30Cl2N4O4/c1-18-11-20(17-43-29-8-6-5-7-25(29)35)19(2)22(12-18)30-23(16-36)32(37)38(26-13-21(39(41)42)9-10-24(26)34)27-14-33(3,4)15-28(40)31(27)30/h5-13,30H,14-15,17,37H2,1-4H3. The van der Waals surface area contributed by atoms with Gasteiger partial charge in [-0.3, -0.25) is 19.8 Å². The summed E-state index contributed by atoms with van der Waals surface area (Å²) < 4.78 is 6.06. The van der Waals surface area contributed by atoms with Crippen LogP contribution in [0.4, 0.5) is 11.4 Å². The average Bonchev–Trinajstić information content (AvgIpc) is 2.93. The van der Waals surface area contributed by atoms with Crippen molar-refractivity contribution in [3.63, 3.8) is 0 Å². The van der Waals surface area contributed by atoms with Crippen molar-refractivity contribution in [3.8, 4) is 11.8 Å². The molecular weight excluding hydrogens is 587 g/mol. The van der Waals surface area contributed by atoms with E-state index in [4.69, 9.17) is 33.7 Å². The van der Waals surface area contributed by atoms with Crippen molar-refractivity contribution in [2.75, 3.05) is 4.90 Å². The molecule has 3 aromatic carbocycles. The van der Waals surface area contributed by atoms with Crippen LogP contribution in [0.5, 0.6) is 5.75 Å². The van der Waals surface area contributed by atoms with Gasteiger partial charge in [-0.2, -0.15) is 5.26 Å². The van der Waals surface area contributed by atoms with Crippen LogP contribution in [0.1, 0.15) is 54.9 Å². The number of anilines is 1. The lowest BCUT2D eigenvalue weighted by Gasteiger charge is -2.44. The summed E-state index contributed by atoms with van der Waals surface area (Å²) in [5.41, 5.74) is 11.0. The van der Waals surface area contributed by atoms with Crippen molar-refractivity contribution in [3.05, 3.63) is 120 Å². The number of ether oxygens (including phenoxy) is 1. The van der Waals surface area contributed by atoms with Crippen LogP contribution >= 0.6 is 23.2 Å². The smallest absolute Gasteiger partial charge is 0.271 e. The number of rotatable bonds is 6. The van der Waals surface area contributed by atoms with Gasteiger partial charge in [0.15, 0.2) is 5.78 Å². The topological polar surface area (TPSA) is 122 Å². The Bertz CT molecular complexity index is 1790. The second-order valence-corrected chi connectivity index (χ2v) is 12.5. The third-order valence-electron chi connectivity index (χ3n) is 7.99. The van der Waals surface area contributed by atoms with Gasteiger partial charge < -0.3 is 10.5 Å². The van der Waals surface area contributed by atoms with E-state index >= 15 is 0 Å². The van der Waals surface area contributed by atoms with Gasteiger partial charge >= 0.3 is 0 Å². The minimum absolute atomic E-state index is 0.0777. The number of hydrogen-bond acceptors (Lipinski definition) is 7. The van der Waals surface area contributed by atoms with Crippen molar-refractivity contribution >= 4 is 40.4 Å². The molecule has 3 aromatic rings. The van der Waals surface area contributed by atoms with Gasteiger partial charge in [-0.05, 0) is 60.6 Å². The third-order valence-corrected chi connectivity index (χ3v) is 8.62. The van der Waals surface area contributed by atoms with E-state index in [1.165, 1.54) is 18.2 Å². The SMILES string of the molecule is Cc1cc(COc2ccccc2Cl)c(C)c(C2C(C#N)=C(N)N(c3cc([N+](=O)[O-])ccc3Cl)C3=C2C(=O)CC(C)(C)C3)c1. The number of ketones is 1. The predicted molar refractivity (Wildman–Crippen MR) is 167 cm³/mol. The minimum atomic E-state index is -0.740. The molecule has 1 heterocycles. The first kappa shape index (κ1) is 30.1. The van der Waals surface area contributed by atoms with Crippen molar-refractivity contribution in [1.82, 2.24) is 0 Å². The maximum absolute atomic E-state index is 14.0. The highest BCUT2D eigenvalue weighted by Gasteiger charge is 2.45. The third kappa shape index (κ3) is 5.58. The van der Waals surface area contributed by atoms with Crippen molar-refractivity contribution in [2.45, 2.75) is 53.1 Å². The number of halogens is 2. The molecule has 2 N–H and O–H groups in total. The van der Waals surface area contributed by atoms with Gasteiger partial charge in [0.2, 0.25) is 0 Å². The molecule has 0 spiro atoms. The van der Waals surface area contributed by atoms with Crippen molar-refractivity contribution in [1.29, 1.82) is 5.26 Å². The predicted octanol–water partition coefficient (Wildman–Crippen LogP) is 8.04. The maximum Gasteiger partial charge on any atom is 0.271 e. The number of non-ortho nitro benzene ring substituents is 1. The summed E-state index contributed by atoms with van der Waals surface area (Å²) in [6.45, 7) is 8.07.